The van der Waals surface area contributed by atoms with Crippen LogP contribution in [0.1, 0.15) is 29.7 Å². The molecule has 0 spiro atoms. The van der Waals surface area contributed by atoms with E-state index >= 15 is 0 Å². The number of halogens is 1. The van der Waals surface area contributed by atoms with Crippen molar-refractivity contribution < 1.29 is 4.42 Å². The number of aromatic nitrogens is 3. The molecule has 186 valence electrons. The molecule has 1 fully saturated rings. The van der Waals surface area contributed by atoms with Crippen molar-refractivity contribution in [1.82, 2.24) is 15.0 Å². The second-order valence-electron chi connectivity index (χ2n) is 8.78. The van der Waals surface area contributed by atoms with E-state index in [1.165, 1.54) is 11.1 Å². The van der Waals surface area contributed by atoms with Gasteiger partial charge in [-0.3, -0.25) is 0 Å². The Morgan fingerprint density at radius 3 is 2.42 bits per heavy atom. The molecule has 0 bridgehead atoms. The van der Waals surface area contributed by atoms with E-state index < -0.39 is 0 Å². The molecule has 36 heavy (non-hydrogen) atoms. The summed E-state index contributed by atoms with van der Waals surface area (Å²) in [6.45, 7) is 3.87. The summed E-state index contributed by atoms with van der Waals surface area (Å²) in [4.78, 5) is 16.1. The Morgan fingerprint density at radius 2 is 1.69 bits per heavy atom. The van der Waals surface area contributed by atoms with Crippen LogP contribution in [-0.2, 0) is 6.42 Å². The lowest BCUT2D eigenvalue weighted by Crippen LogP contribution is -2.35. The maximum absolute atomic E-state index is 5.29. The molecular weight excluding hydrogens is 474 g/mol. The van der Waals surface area contributed by atoms with Crippen LogP contribution < -0.4 is 15.6 Å². The first-order chi connectivity index (χ1) is 17.2. The minimum absolute atomic E-state index is 0. The van der Waals surface area contributed by atoms with E-state index in [1.54, 1.807) is 12.5 Å². The van der Waals surface area contributed by atoms with Crippen molar-refractivity contribution in [2.75, 3.05) is 28.7 Å². The molecule has 0 radical (unpaired) electrons. The number of furan rings is 1. The van der Waals surface area contributed by atoms with Gasteiger partial charge in [0.1, 0.15) is 5.76 Å². The molecule has 9 heteroatoms. The number of hydrazone groups is 1. The monoisotopic (exact) mass is 503 g/mol. The van der Waals surface area contributed by atoms with Crippen LogP contribution in [0.2, 0.25) is 0 Å². The van der Waals surface area contributed by atoms with E-state index in [0.29, 0.717) is 29.5 Å². The summed E-state index contributed by atoms with van der Waals surface area (Å²) in [6, 6.07) is 22.5. The Bertz CT molecular complexity index is 1240. The molecule has 2 N–H and O–H groups in total. The average Bonchev–Trinajstić information content (AvgIpc) is 3.40. The van der Waals surface area contributed by atoms with Gasteiger partial charge in [0.25, 0.3) is 0 Å². The number of anilines is 4. The maximum Gasteiger partial charge on any atom is 0.250 e. The first-order valence-electron chi connectivity index (χ1n) is 11.9. The van der Waals surface area contributed by atoms with Crippen molar-refractivity contribution in [3.63, 3.8) is 0 Å². The highest BCUT2D eigenvalue weighted by atomic mass is 35.5. The summed E-state index contributed by atoms with van der Waals surface area (Å²) in [5.41, 5.74) is 6.43. The average molecular weight is 504 g/mol. The van der Waals surface area contributed by atoms with E-state index in [1.807, 2.05) is 24.3 Å². The molecule has 0 amide bonds. The summed E-state index contributed by atoms with van der Waals surface area (Å²) in [5, 5.41) is 7.52. The Labute approximate surface area is 217 Å². The second kappa shape index (κ2) is 12.2. The van der Waals surface area contributed by atoms with Gasteiger partial charge in [-0.25, -0.2) is 5.43 Å². The third-order valence-electron chi connectivity index (χ3n) is 6.10. The van der Waals surface area contributed by atoms with Crippen LogP contribution in [0.3, 0.4) is 0 Å². The lowest BCUT2D eigenvalue weighted by Gasteiger charge is -2.32. The predicted molar refractivity (Wildman–Crippen MR) is 147 cm³/mol. The molecule has 5 rings (SSSR count). The van der Waals surface area contributed by atoms with Gasteiger partial charge in [-0.15, -0.1) is 12.4 Å². The van der Waals surface area contributed by atoms with Crippen LogP contribution in [0.5, 0.6) is 0 Å². The minimum Gasteiger partial charge on any atom is -0.463 e. The topological polar surface area (TPSA) is 91.5 Å². The zero-order chi connectivity index (χ0) is 23.9. The van der Waals surface area contributed by atoms with Gasteiger partial charge >= 0.3 is 0 Å². The quantitative estimate of drug-likeness (QED) is 0.230. The number of hydrogen-bond acceptors (Lipinski definition) is 8. The first kappa shape index (κ1) is 25.2. The van der Waals surface area contributed by atoms with Crippen LogP contribution >= 0.6 is 12.4 Å². The molecule has 8 nitrogen and oxygen atoms in total. The SMILES string of the molecule is Cc1ccc(Nc2nc(N/N=C/c3ccco3)nc(N3CCC(Cc4ccccc4)CC3)n2)cc1.Cl. The van der Waals surface area contributed by atoms with E-state index in [-0.39, 0.29) is 12.4 Å². The van der Waals surface area contributed by atoms with Crippen molar-refractivity contribution in [1.29, 1.82) is 0 Å². The summed E-state index contributed by atoms with van der Waals surface area (Å²) >= 11 is 0. The predicted octanol–water partition coefficient (Wildman–Crippen LogP) is 5.84. The fourth-order valence-corrected chi connectivity index (χ4v) is 4.18. The fraction of sp³-hybridized carbons (Fsp3) is 0.259. The fourth-order valence-electron chi connectivity index (χ4n) is 4.18. The van der Waals surface area contributed by atoms with Crippen LogP contribution in [0, 0.1) is 12.8 Å². The number of nitrogens with zero attached hydrogens (tertiary/aromatic N) is 5. The third kappa shape index (κ3) is 6.82. The van der Waals surface area contributed by atoms with E-state index in [0.717, 1.165) is 38.0 Å². The summed E-state index contributed by atoms with van der Waals surface area (Å²) in [6.07, 6.45) is 6.50. The van der Waals surface area contributed by atoms with Gasteiger partial charge in [-0.05, 0) is 61.9 Å². The van der Waals surface area contributed by atoms with Gasteiger partial charge < -0.3 is 14.6 Å². The minimum atomic E-state index is 0. The highest BCUT2D eigenvalue weighted by Crippen LogP contribution is 2.25. The molecule has 2 aromatic heterocycles. The molecule has 0 unspecified atom stereocenters. The van der Waals surface area contributed by atoms with Crippen molar-refractivity contribution in [3.8, 4) is 0 Å². The summed E-state index contributed by atoms with van der Waals surface area (Å²) < 4.78 is 5.29. The van der Waals surface area contributed by atoms with Crippen LogP contribution in [0.4, 0.5) is 23.5 Å². The normalized spacial score (nSPS) is 14.0. The largest absolute Gasteiger partial charge is 0.463 e. The zero-order valence-corrected chi connectivity index (χ0v) is 21.0. The molecule has 0 aliphatic carbocycles. The maximum atomic E-state index is 5.29. The number of nitrogens with one attached hydrogen (secondary N) is 2. The molecule has 3 heterocycles. The molecule has 2 aromatic carbocycles. The Morgan fingerprint density at radius 1 is 0.944 bits per heavy atom. The van der Waals surface area contributed by atoms with Gasteiger partial charge in [-0.2, -0.15) is 20.1 Å². The van der Waals surface area contributed by atoms with Gasteiger partial charge in [0.05, 0.1) is 12.5 Å². The van der Waals surface area contributed by atoms with Crippen LogP contribution in [0.15, 0.2) is 82.5 Å². The second-order valence-corrected chi connectivity index (χ2v) is 8.78. The smallest absolute Gasteiger partial charge is 0.250 e. The summed E-state index contributed by atoms with van der Waals surface area (Å²) in [5.74, 6) is 2.80. The van der Waals surface area contributed by atoms with E-state index in [2.05, 4.69) is 80.1 Å². The van der Waals surface area contributed by atoms with Crippen LogP contribution in [0.25, 0.3) is 0 Å². The van der Waals surface area contributed by atoms with Gasteiger partial charge in [0, 0.05) is 18.8 Å². The molecule has 0 saturated carbocycles. The van der Waals surface area contributed by atoms with Gasteiger partial charge in [0.2, 0.25) is 17.8 Å². The van der Waals surface area contributed by atoms with E-state index in [4.69, 9.17) is 9.40 Å². The standard InChI is InChI=1S/C27H29N7O.ClH/c1-20-9-11-23(12-10-20)29-25-30-26(33-28-19-24-8-5-17-35-24)32-27(31-25)34-15-13-22(14-16-34)18-21-6-3-2-4-7-21;/h2-12,17,19,22H,13-16,18H2,1H3,(H2,29,30,31,32,33);1H/b28-19+;. The van der Waals surface area contributed by atoms with Gasteiger partial charge in [0.15, 0.2) is 0 Å². The van der Waals surface area contributed by atoms with Crippen molar-refractivity contribution in [2.24, 2.45) is 11.0 Å². The molecule has 0 atom stereocenters. The third-order valence-corrected chi connectivity index (χ3v) is 6.10. The first-order valence-corrected chi connectivity index (χ1v) is 11.9. The lowest BCUT2D eigenvalue weighted by atomic mass is 9.90. The highest BCUT2D eigenvalue weighted by Gasteiger charge is 2.22. The van der Waals surface area contributed by atoms with Crippen LogP contribution in [-0.4, -0.2) is 34.3 Å². The van der Waals surface area contributed by atoms with Gasteiger partial charge in [-0.1, -0.05) is 48.0 Å². The van der Waals surface area contributed by atoms with Crippen molar-refractivity contribution in [2.45, 2.75) is 26.2 Å². The summed E-state index contributed by atoms with van der Waals surface area (Å²) in [7, 11) is 0. The Kier molecular flexibility index (Phi) is 8.52. The Hall–Kier alpha value is -3.91. The molecule has 1 aliphatic heterocycles. The van der Waals surface area contributed by atoms with Crippen molar-refractivity contribution >= 4 is 42.2 Å². The number of aryl methyl sites for hydroxylation is 1. The molecule has 4 aromatic rings. The molecule has 1 saturated heterocycles. The molecular formula is C27H30ClN7O. The number of benzene rings is 2. The van der Waals surface area contributed by atoms with E-state index in [9.17, 15) is 0 Å². The number of rotatable bonds is 8. The molecule has 1 aliphatic rings. The van der Waals surface area contributed by atoms with Crippen molar-refractivity contribution in [3.05, 3.63) is 89.9 Å². The lowest BCUT2D eigenvalue weighted by molar-refractivity contribution is 0.400. The number of hydrogen-bond donors (Lipinski definition) is 2. The highest BCUT2D eigenvalue weighted by molar-refractivity contribution is 5.85. The zero-order valence-electron chi connectivity index (χ0n) is 20.2. The Balaban J connectivity index is 0.00000304. The number of piperidine rings is 1.